The minimum Gasteiger partial charge on any atom is -0.394 e. The lowest BCUT2D eigenvalue weighted by molar-refractivity contribution is 0.912. The Kier molecular flexibility index (Phi) is 2.95. The van der Waals surface area contributed by atoms with Crippen molar-refractivity contribution in [1.29, 1.82) is 0 Å². The molecule has 0 bridgehead atoms. The van der Waals surface area contributed by atoms with Gasteiger partial charge in [-0.15, -0.1) is 0 Å². The summed E-state index contributed by atoms with van der Waals surface area (Å²) in [6.07, 6.45) is 5.21. The minimum atomic E-state index is 0.544. The molecular formula is C14H17N5. The van der Waals surface area contributed by atoms with Gasteiger partial charge in [0.05, 0.1) is 11.9 Å². The van der Waals surface area contributed by atoms with Crippen LogP contribution >= 0.6 is 0 Å². The maximum Gasteiger partial charge on any atom is 0.229 e. The van der Waals surface area contributed by atoms with Crippen molar-refractivity contribution in [3.63, 3.8) is 0 Å². The van der Waals surface area contributed by atoms with Gasteiger partial charge >= 0.3 is 0 Å². The van der Waals surface area contributed by atoms with E-state index < -0.39 is 0 Å². The van der Waals surface area contributed by atoms with Gasteiger partial charge in [0.1, 0.15) is 0 Å². The third kappa shape index (κ3) is 2.31. The van der Waals surface area contributed by atoms with Crippen LogP contribution < -0.4 is 16.4 Å². The quantitative estimate of drug-likeness (QED) is 0.784. The SMILES string of the molecule is CNc1nc(Nc2ccc3c(c2)CCC3)ncc1N. The maximum atomic E-state index is 5.75. The second kappa shape index (κ2) is 4.76. The van der Waals surface area contributed by atoms with Crippen LogP contribution in [0.5, 0.6) is 0 Å². The molecule has 0 aliphatic heterocycles. The maximum absolute atomic E-state index is 5.75. The van der Waals surface area contributed by atoms with Crippen molar-refractivity contribution in [2.24, 2.45) is 0 Å². The molecule has 1 aromatic heterocycles. The lowest BCUT2D eigenvalue weighted by Gasteiger charge is -2.09. The fourth-order valence-corrected chi connectivity index (χ4v) is 2.43. The normalized spacial score (nSPS) is 13.1. The highest BCUT2D eigenvalue weighted by atomic mass is 15.1. The molecule has 1 heterocycles. The monoisotopic (exact) mass is 255 g/mol. The lowest BCUT2D eigenvalue weighted by atomic mass is 10.1. The summed E-state index contributed by atoms with van der Waals surface area (Å²) in [4.78, 5) is 8.51. The summed E-state index contributed by atoms with van der Waals surface area (Å²) in [7, 11) is 1.79. The van der Waals surface area contributed by atoms with Crippen molar-refractivity contribution in [3.8, 4) is 0 Å². The summed E-state index contributed by atoms with van der Waals surface area (Å²) in [6.45, 7) is 0. The minimum absolute atomic E-state index is 0.544. The highest BCUT2D eigenvalue weighted by Gasteiger charge is 2.11. The summed E-state index contributed by atoms with van der Waals surface area (Å²) in [5.74, 6) is 1.19. The molecule has 19 heavy (non-hydrogen) atoms. The molecular weight excluding hydrogens is 238 g/mol. The molecule has 0 amide bonds. The fraction of sp³-hybridized carbons (Fsp3) is 0.286. The number of hydrogen-bond acceptors (Lipinski definition) is 5. The largest absolute Gasteiger partial charge is 0.394 e. The van der Waals surface area contributed by atoms with Crippen LogP contribution in [0.25, 0.3) is 0 Å². The predicted molar refractivity (Wildman–Crippen MR) is 77.7 cm³/mol. The van der Waals surface area contributed by atoms with Crippen molar-refractivity contribution in [3.05, 3.63) is 35.5 Å². The Morgan fingerprint density at radius 1 is 1.21 bits per heavy atom. The first-order valence-electron chi connectivity index (χ1n) is 6.45. The molecule has 0 saturated heterocycles. The van der Waals surface area contributed by atoms with E-state index in [2.05, 4.69) is 38.8 Å². The van der Waals surface area contributed by atoms with Gasteiger partial charge in [0, 0.05) is 12.7 Å². The number of nitrogens with zero attached hydrogens (tertiary/aromatic N) is 2. The van der Waals surface area contributed by atoms with Crippen LogP contribution in [0, 0.1) is 0 Å². The van der Waals surface area contributed by atoms with Crippen LogP contribution in [0.3, 0.4) is 0 Å². The zero-order chi connectivity index (χ0) is 13.2. The average Bonchev–Trinajstić information content (AvgIpc) is 2.88. The van der Waals surface area contributed by atoms with E-state index in [1.54, 1.807) is 13.2 Å². The zero-order valence-corrected chi connectivity index (χ0v) is 10.9. The molecule has 5 heteroatoms. The molecule has 0 fully saturated rings. The summed E-state index contributed by atoms with van der Waals surface area (Å²) in [5.41, 5.74) is 10.2. The Balaban J connectivity index is 1.85. The summed E-state index contributed by atoms with van der Waals surface area (Å²) < 4.78 is 0. The molecule has 0 spiro atoms. The van der Waals surface area contributed by atoms with E-state index in [0.29, 0.717) is 17.5 Å². The standard InChI is InChI=1S/C14H17N5/c1-16-13-12(15)8-17-14(19-13)18-11-6-5-9-3-2-4-10(9)7-11/h5-8H,2-4,15H2,1H3,(H2,16,17,18,19). The number of rotatable bonds is 3. The second-order valence-electron chi connectivity index (χ2n) is 4.71. The first kappa shape index (κ1) is 11.8. The van der Waals surface area contributed by atoms with E-state index >= 15 is 0 Å². The molecule has 0 radical (unpaired) electrons. The van der Waals surface area contributed by atoms with Gasteiger partial charge in [0.2, 0.25) is 5.95 Å². The van der Waals surface area contributed by atoms with E-state index in [-0.39, 0.29) is 0 Å². The average molecular weight is 255 g/mol. The van der Waals surface area contributed by atoms with Crippen LogP contribution in [0.1, 0.15) is 17.5 Å². The Morgan fingerprint density at radius 2 is 2.05 bits per heavy atom. The highest BCUT2D eigenvalue weighted by Crippen LogP contribution is 2.26. The van der Waals surface area contributed by atoms with Gasteiger partial charge in [-0.1, -0.05) is 6.07 Å². The summed E-state index contributed by atoms with van der Waals surface area (Å²) in [5, 5.41) is 6.16. The number of fused-ring (bicyclic) bond motifs is 1. The van der Waals surface area contributed by atoms with Gasteiger partial charge in [-0.3, -0.25) is 0 Å². The van der Waals surface area contributed by atoms with E-state index in [4.69, 9.17) is 5.73 Å². The number of nitrogens with one attached hydrogen (secondary N) is 2. The highest BCUT2D eigenvalue weighted by molar-refractivity contribution is 5.64. The molecule has 0 atom stereocenters. The number of anilines is 4. The summed E-state index contributed by atoms with van der Waals surface area (Å²) >= 11 is 0. The molecule has 1 aromatic carbocycles. The van der Waals surface area contributed by atoms with Crippen LogP contribution in [-0.2, 0) is 12.8 Å². The molecule has 0 saturated carbocycles. The van der Waals surface area contributed by atoms with Crippen molar-refractivity contribution in [2.45, 2.75) is 19.3 Å². The van der Waals surface area contributed by atoms with Gasteiger partial charge < -0.3 is 16.4 Å². The van der Waals surface area contributed by atoms with Gasteiger partial charge in [0.15, 0.2) is 5.82 Å². The molecule has 4 N–H and O–H groups in total. The Bertz CT molecular complexity index is 600. The number of nitrogens with two attached hydrogens (primary N) is 1. The Labute approximate surface area is 112 Å². The van der Waals surface area contributed by atoms with Crippen molar-refractivity contribution in [2.75, 3.05) is 23.4 Å². The molecule has 98 valence electrons. The number of aryl methyl sites for hydroxylation is 2. The molecule has 2 aromatic rings. The first-order valence-corrected chi connectivity index (χ1v) is 6.45. The number of benzene rings is 1. The predicted octanol–water partition coefficient (Wildman–Crippen LogP) is 2.33. The third-order valence-electron chi connectivity index (χ3n) is 3.41. The fourth-order valence-electron chi connectivity index (χ4n) is 2.43. The number of aromatic nitrogens is 2. The van der Waals surface area contributed by atoms with E-state index in [0.717, 1.165) is 12.1 Å². The van der Waals surface area contributed by atoms with Crippen LogP contribution in [0.2, 0.25) is 0 Å². The number of nitrogen functional groups attached to an aromatic ring is 1. The van der Waals surface area contributed by atoms with Gasteiger partial charge in [-0.2, -0.15) is 4.98 Å². The van der Waals surface area contributed by atoms with E-state index in [9.17, 15) is 0 Å². The van der Waals surface area contributed by atoms with Crippen molar-refractivity contribution >= 4 is 23.1 Å². The van der Waals surface area contributed by atoms with Crippen LogP contribution in [0.15, 0.2) is 24.4 Å². The smallest absolute Gasteiger partial charge is 0.229 e. The third-order valence-corrected chi connectivity index (χ3v) is 3.41. The van der Waals surface area contributed by atoms with E-state index in [1.165, 1.54) is 24.0 Å². The van der Waals surface area contributed by atoms with Gasteiger partial charge in [-0.25, -0.2) is 4.98 Å². The second-order valence-corrected chi connectivity index (χ2v) is 4.71. The van der Waals surface area contributed by atoms with E-state index in [1.807, 2.05) is 0 Å². The zero-order valence-electron chi connectivity index (χ0n) is 10.9. The summed E-state index contributed by atoms with van der Waals surface area (Å²) in [6, 6.07) is 6.44. The molecule has 1 aliphatic rings. The molecule has 1 aliphatic carbocycles. The molecule has 3 rings (SSSR count). The van der Waals surface area contributed by atoms with Crippen LogP contribution in [-0.4, -0.2) is 17.0 Å². The Morgan fingerprint density at radius 3 is 2.89 bits per heavy atom. The topological polar surface area (TPSA) is 75.9 Å². The van der Waals surface area contributed by atoms with Gasteiger partial charge in [-0.05, 0) is 42.5 Å². The van der Waals surface area contributed by atoms with Crippen molar-refractivity contribution < 1.29 is 0 Å². The first-order chi connectivity index (χ1) is 9.26. The molecule has 0 unspecified atom stereocenters. The van der Waals surface area contributed by atoms with Gasteiger partial charge in [0.25, 0.3) is 0 Å². The van der Waals surface area contributed by atoms with Crippen LogP contribution in [0.4, 0.5) is 23.1 Å². The molecule has 5 nitrogen and oxygen atoms in total. The van der Waals surface area contributed by atoms with Crippen molar-refractivity contribution in [1.82, 2.24) is 9.97 Å². The lowest BCUT2D eigenvalue weighted by Crippen LogP contribution is -2.04. The Hall–Kier alpha value is -2.30. The number of hydrogen-bond donors (Lipinski definition) is 3.